The molecule has 0 unspecified atom stereocenters. The number of hydrogen-bond donors (Lipinski definition) is 0. The van der Waals surface area contributed by atoms with Crippen molar-refractivity contribution in [1.29, 1.82) is 5.26 Å². The van der Waals surface area contributed by atoms with E-state index in [1.165, 1.54) is 12.1 Å². The van der Waals surface area contributed by atoms with E-state index in [1.54, 1.807) is 13.0 Å². The summed E-state index contributed by atoms with van der Waals surface area (Å²) in [6.07, 6.45) is -5.42. The molecule has 0 amide bonds. The molecule has 1 aromatic heterocycles. The van der Waals surface area contributed by atoms with Crippen molar-refractivity contribution in [3.63, 3.8) is 0 Å². The van der Waals surface area contributed by atoms with Crippen molar-refractivity contribution in [2.75, 3.05) is 0 Å². The van der Waals surface area contributed by atoms with Gasteiger partial charge in [-0.05, 0) is 37.5 Å². The van der Waals surface area contributed by atoms with Crippen molar-refractivity contribution < 1.29 is 17.6 Å². The van der Waals surface area contributed by atoms with E-state index >= 15 is 0 Å². The Morgan fingerprint density at radius 1 is 1.29 bits per heavy atom. The molecule has 0 saturated carbocycles. The van der Waals surface area contributed by atoms with Gasteiger partial charge in [-0.1, -0.05) is 6.07 Å². The average Bonchev–Trinajstić information content (AvgIpc) is 2.37. The summed E-state index contributed by atoms with van der Waals surface area (Å²) >= 11 is 0. The maximum atomic E-state index is 14.0. The minimum atomic E-state index is -4.26. The van der Waals surface area contributed by atoms with E-state index in [2.05, 4.69) is 4.98 Å². The van der Waals surface area contributed by atoms with Crippen molar-refractivity contribution in [1.82, 2.24) is 4.98 Å². The summed E-state index contributed by atoms with van der Waals surface area (Å²) in [4.78, 5) is 4.14. The molecule has 2 rings (SSSR count). The third-order valence-corrected chi connectivity index (χ3v) is 3.24. The predicted molar refractivity (Wildman–Crippen MR) is 70.1 cm³/mol. The lowest BCUT2D eigenvalue weighted by Gasteiger charge is -2.12. The van der Waals surface area contributed by atoms with E-state index in [1.807, 2.05) is 6.07 Å². The molecule has 0 aliphatic rings. The second-order valence-corrected chi connectivity index (χ2v) is 4.77. The minimum absolute atomic E-state index is 0.0107. The summed E-state index contributed by atoms with van der Waals surface area (Å²) < 4.78 is 50.8. The monoisotopic (exact) mass is 296 g/mol. The van der Waals surface area contributed by atoms with Gasteiger partial charge in [0, 0.05) is 11.8 Å². The molecule has 1 aromatic carbocycles. The average molecular weight is 296 g/mol. The number of nitrogens with zero attached hydrogens (tertiary/aromatic N) is 2. The first-order chi connectivity index (χ1) is 9.83. The normalized spacial score (nSPS) is 11.6. The molecule has 110 valence electrons. The fraction of sp³-hybridized carbons (Fsp3) is 0.333. The summed E-state index contributed by atoms with van der Waals surface area (Å²) in [5.41, 5.74) is 1.23. The van der Waals surface area contributed by atoms with Gasteiger partial charge in [0.2, 0.25) is 0 Å². The number of benzene rings is 1. The molecule has 21 heavy (non-hydrogen) atoms. The highest BCUT2D eigenvalue weighted by atomic mass is 19.4. The maximum Gasteiger partial charge on any atom is 0.389 e. The summed E-state index contributed by atoms with van der Waals surface area (Å²) in [6, 6.07) is 6.20. The van der Waals surface area contributed by atoms with Gasteiger partial charge in [-0.3, -0.25) is 4.98 Å². The summed E-state index contributed by atoms with van der Waals surface area (Å²) in [5, 5.41) is 9.31. The zero-order valence-corrected chi connectivity index (χ0v) is 11.3. The number of nitriles is 1. The Kier molecular flexibility index (Phi) is 4.12. The second-order valence-electron chi connectivity index (χ2n) is 4.77. The van der Waals surface area contributed by atoms with Crippen LogP contribution in [0.25, 0.3) is 10.9 Å². The van der Waals surface area contributed by atoms with Gasteiger partial charge >= 0.3 is 6.18 Å². The molecule has 6 heteroatoms. The van der Waals surface area contributed by atoms with Crippen molar-refractivity contribution in [3.8, 4) is 6.07 Å². The number of aryl methyl sites for hydroxylation is 2. The molecule has 0 N–H and O–H groups in total. The van der Waals surface area contributed by atoms with Gasteiger partial charge in [-0.25, -0.2) is 4.39 Å². The van der Waals surface area contributed by atoms with Crippen LogP contribution in [0.15, 0.2) is 18.2 Å². The largest absolute Gasteiger partial charge is 0.389 e. The van der Waals surface area contributed by atoms with Crippen LogP contribution >= 0.6 is 0 Å². The number of alkyl halides is 3. The smallest absolute Gasteiger partial charge is 0.252 e. The fourth-order valence-corrected chi connectivity index (χ4v) is 2.35. The van der Waals surface area contributed by atoms with Crippen molar-refractivity contribution in [2.24, 2.45) is 0 Å². The minimum Gasteiger partial charge on any atom is -0.252 e. The number of fused-ring (bicyclic) bond motifs is 1. The molecule has 0 spiro atoms. The van der Waals surface area contributed by atoms with E-state index < -0.39 is 18.4 Å². The maximum absolute atomic E-state index is 14.0. The Hall–Kier alpha value is -2.16. The number of halogens is 4. The van der Waals surface area contributed by atoms with E-state index in [0.717, 1.165) is 0 Å². The van der Waals surface area contributed by atoms with Crippen LogP contribution in [-0.2, 0) is 6.42 Å². The van der Waals surface area contributed by atoms with Gasteiger partial charge in [-0.2, -0.15) is 18.4 Å². The molecule has 0 atom stereocenters. The quantitative estimate of drug-likeness (QED) is 0.785. The molecular formula is C15H12F4N2. The lowest BCUT2D eigenvalue weighted by molar-refractivity contribution is -0.135. The predicted octanol–water partition coefficient (Wildman–Crippen LogP) is 4.44. The molecular weight excluding hydrogens is 284 g/mol. The van der Waals surface area contributed by atoms with E-state index in [9.17, 15) is 22.8 Å². The standard InChI is InChI=1S/C15H12F4N2/c1-9-11(8-20)10(4-3-7-15(17,18)19)14-12(16)5-2-6-13(14)21-9/h2,5-6H,3-4,7H2,1H3. The van der Waals surface area contributed by atoms with Crippen LogP contribution in [0.2, 0.25) is 0 Å². The molecule has 0 radical (unpaired) electrons. The topological polar surface area (TPSA) is 36.7 Å². The Bertz CT molecular complexity index is 714. The number of pyridine rings is 1. The number of rotatable bonds is 3. The van der Waals surface area contributed by atoms with Crippen molar-refractivity contribution >= 4 is 10.9 Å². The van der Waals surface area contributed by atoms with Crippen LogP contribution in [0.1, 0.15) is 29.7 Å². The molecule has 0 aliphatic carbocycles. The van der Waals surface area contributed by atoms with Crippen molar-refractivity contribution in [2.45, 2.75) is 32.4 Å². The van der Waals surface area contributed by atoms with Gasteiger partial charge in [-0.15, -0.1) is 0 Å². The second kappa shape index (κ2) is 5.68. The van der Waals surface area contributed by atoms with Crippen LogP contribution in [0.5, 0.6) is 0 Å². The van der Waals surface area contributed by atoms with E-state index in [-0.39, 0.29) is 23.8 Å². The summed E-state index contributed by atoms with van der Waals surface area (Å²) in [7, 11) is 0. The highest BCUT2D eigenvalue weighted by Gasteiger charge is 2.26. The van der Waals surface area contributed by atoms with Crippen LogP contribution in [-0.4, -0.2) is 11.2 Å². The van der Waals surface area contributed by atoms with E-state index in [4.69, 9.17) is 0 Å². The number of aromatic nitrogens is 1. The molecule has 1 heterocycles. The lowest BCUT2D eigenvalue weighted by atomic mass is 9.96. The van der Waals surface area contributed by atoms with Gasteiger partial charge < -0.3 is 0 Å². The third kappa shape index (κ3) is 3.30. The first kappa shape index (κ1) is 15.2. The van der Waals surface area contributed by atoms with Crippen LogP contribution in [0.3, 0.4) is 0 Å². The molecule has 2 nitrogen and oxygen atoms in total. The first-order valence-corrected chi connectivity index (χ1v) is 6.38. The first-order valence-electron chi connectivity index (χ1n) is 6.38. The van der Waals surface area contributed by atoms with Gasteiger partial charge in [0.15, 0.2) is 0 Å². The van der Waals surface area contributed by atoms with Crippen LogP contribution < -0.4 is 0 Å². The van der Waals surface area contributed by atoms with Crippen LogP contribution in [0.4, 0.5) is 17.6 Å². The van der Waals surface area contributed by atoms with Gasteiger partial charge in [0.25, 0.3) is 0 Å². The Morgan fingerprint density at radius 3 is 2.62 bits per heavy atom. The van der Waals surface area contributed by atoms with Crippen molar-refractivity contribution in [3.05, 3.63) is 40.8 Å². The lowest BCUT2D eigenvalue weighted by Crippen LogP contribution is -2.08. The SMILES string of the molecule is Cc1nc2cccc(F)c2c(CCCC(F)(F)F)c1C#N. The molecule has 0 fully saturated rings. The Morgan fingerprint density at radius 2 is 2.00 bits per heavy atom. The Labute approximate surface area is 119 Å². The summed E-state index contributed by atoms with van der Waals surface area (Å²) in [6.45, 7) is 1.59. The van der Waals surface area contributed by atoms with E-state index in [0.29, 0.717) is 16.8 Å². The Balaban J connectivity index is 2.51. The highest BCUT2D eigenvalue weighted by Crippen LogP contribution is 2.29. The fourth-order valence-electron chi connectivity index (χ4n) is 2.35. The summed E-state index contributed by atoms with van der Waals surface area (Å²) in [5.74, 6) is -0.571. The number of hydrogen-bond acceptors (Lipinski definition) is 2. The van der Waals surface area contributed by atoms with Gasteiger partial charge in [0.1, 0.15) is 11.9 Å². The van der Waals surface area contributed by atoms with Crippen LogP contribution in [0, 0.1) is 24.1 Å². The zero-order valence-electron chi connectivity index (χ0n) is 11.3. The third-order valence-electron chi connectivity index (χ3n) is 3.24. The molecule has 0 bridgehead atoms. The highest BCUT2D eigenvalue weighted by molar-refractivity contribution is 5.85. The molecule has 0 aliphatic heterocycles. The molecule has 0 saturated heterocycles. The zero-order chi connectivity index (χ0) is 15.6. The molecule has 2 aromatic rings. The van der Waals surface area contributed by atoms with Gasteiger partial charge in [0.05, 0.1) is 16.8 Å².